The molecule has 4 N–H and O–H groups in total. The first-order valence-electron chi connectivity index (χ1n) is 6.63. The molecule has 0 aromatic heterocycles. The third-order valence-electron chi connectivity index (χ3n) is 2.77. The number of aryl methyl sites for hydroxylation is 1. The van der Waals surface area contributed by atoms with Crippen LogP contribution in [0.2, 0.25) is 0 Å². The normalized spacial score (nSPS) is 10.6. The summed E-state index contributed by atoms with van der Waals surface area (Å²) in [6, 6.07) is 6.39. The van der Waals surface area contributed by atoms with Crippen molar-refractivity contribution in [1.29, 1.82) is 0 Å². The van der Waals surface area contributed by atoms with E-state index in [-0.39, 0.29) is 6.61 Å². The fraction of sp³-hybridized carbons (Fsp3) is 0.538. The number of aliphatic hydroxyl groups excluding tert-OH is 1. The second-order valence-electron chi connectivity index (χ2n) is 4.27. The SMILES string of the molecule is CCN(CC)c1ccc(NCCO)c(C)c1.O=S(=O)(O)O. The Morgan fingerprint density at radius 2 is 1.71 bits per heavy atom. The molecule has 0 spiro atoms. The van der Waals surface area contributed by atoms with Crippen LogP contribution in [0.25, 0.3) is 0 Å². The number of hydrogen-bond donors (Lipinski definition) is 4. The maximum absolute atomic E-state index is 8.77. The molecule has 1 rings (SSSR count). The lowest BCUT2D eigenvalue weighted by molar-refractivity contribution is 0.311. The van der Waals surface area contributed by atoms with Crippen LogP contribution >= 0.6 is 0 Å². The molecule has 0 heterocycles. The molecule has 0 atom stereocenters. The summed E-state index contributed by atoms with van der Waals surface area (Å²) in [6.45, 7) is 9.24. The molecule has 0 saturated carbocycles. The lowest BCUT2D eigenvalue weighted by Gasteiger charge is -2.22. The van der Waals surface area contributed by atoms with E-state index in [1.807, 2.05) is 0 Å². The summed E-state index contributed by atoms with van der Waals surface area (Å²) in [5.74, 6) is 0. The van der Waals surface area contributed by atoms with Crippen molar-refractivity contribution in [3.8, 4) is 0 Å². The Balaban J connectivity index is 0.000000690. The molecule has 0 unspecified atom stereocenters. The van der Waals surface area contributed by atoms with E-state index < -0.39 is 10.4 Å². The van der Waals surface area contributed by atoms with Gasteiger partial charge in [0, 0.05) is 31.0 Å². The number of anilines is 2. The summed E-state index contributed by atoms with van der Waals surface area (Å²) in [5.41, 5.74) is 3.58. The first kappa shape index (κ1) is 19.7. The minimum Gasteiger partial charge on any atom is -0.395 e. The van der Waals surface area contributed by atoms with Gasteiger partial charge >= 0.3 is 10.4 Å². The summed E-state index contributed by atoms with van der Waals surface area (Å²) in [7, 11) is -4.67. The molecule has 122 valence electrons. The van der Waals surface area contributed by atoms with E-state index in [1.165, 1.54) is 11.3 Å². The van der Waals surface area contributed by atoms with E-state index in [4.69, 9.17) is 22.6 Å². The largest absolute Gasteiger partial charge is 0.395 e. The molecule has 1 aromatic rings. The molecule has 0 bridgehead atoms. The zero-order chi connectivity index (χ0) is 16.5. The second-order valence-corrected chi connectivity index (χ2v) is 5.17. The van der Waals surface area contributed by atoms with Crippen LogP contribution in [0.15, 0.2) is 18.2 Å². The third kappa shape index (κ3) is 9.24. The van der Waals surface area contributed by atoms with Gasteiger partial charge in [-0.05, 0) is 44.5 Å². The lowest BCUT2D eigenvalue weighted by atomic mass is 10.1. The molecule has 0 fully saturated rings. The molecule has 0 aliphatic rings. The molecule has 0 saturated heterocycles. The number of benzene rings is 1. The highest BCUT2D eigenvalue weighted by Gasteiger charge is 2.04. The molecule has 8 heteroatoms. The molecule has 0 aliphatic carbocycles. The number of aliphatic hydroxyl groups is 1. The average Bonchev–Trinajstić information content (AvgIpc) is 2.37. The zero-order valence-electron chi connectivity index (χ0n) is 12.6. The molecule has 0 radical (unpaired) electrons. The number of hydrogen-bond acceptors (Lipinski definition) is 5. The fourth-order valence-electron chi connectivity index (χ4n) is 1.82. The van der Waals surface area contributed by atoms with Crippen molar-refractivity contribution in [2.75, 3.05) is 36.5 Å². The number of nitrogens with zero attached hydrogens (tertiary/aromatic N) is 1. The van der Waals surface area contributed by atoms with Crippen molar-refractivity contribution >= 4 is 21.8 Å². The summed E-state index contributed by atoms with van der Waals surface area (Å²) in [6.07, 6.45) is 0. The predicted molar refractivity (Wildman–Crippen MR) is 84.5 cm³/mol. The molecule has 0 amide bonds. The predicted octanol–water partition coefficient (Wildman–Crippen LogP) is 1.59. The first-order valence-corrected chi connectivity index (χ1v) is 8.02. The van der Waals surface area contributed by atoms with Crippen LogP contribution in [0, 0.1) is 6.92 Å². The van der Waals surface area contributed by atoms with E-state index in [0.717, 1.165) is 18.8 Å². The lowest BCUT2D eigenvalue weighted by Crippen LogP contribution is -2.21. The summed E-state index contributed by atoms with van der Waals surface area (Å²) >= 11 is 0. The van der Waals surface area contributed by atoms with Crippen LogP contribution in [0.4, 0.5) is 11.4 Å². The van der Waals surface area contributed by atoms with Crippen molar-refractivity contribution < 1.29 is 22.6 Å². The van der Waals surface area contributed by atoms with Crippen LogP contribution < -0.4 is 10.2 Å². The van der Waals surface area contributed by atoms with Crippen molar-refractivity contribution in [2.45, 2.75) is 20.8 Å². The van der Waals surface area contributed by atoms with Crippen molar-refractivity contribution in [3.63, 3.8) is 0 Å². The highest BCUT2D eigenvalue weighted by atomic mass is 32.3. The Morgan fingerprint density at radius 1 is 1.19 bits per heavy atom. The molecular formula is C13H24N2O5S. The van der Waals surface area contributed by atoms with E-state index in [0.29, 0.717) is 6.54 Å². The Morgan fingerprint density at radius 3 is 2.10 bits per heavy atom. The van der Waals surface area contributed by atoms with Gasteiger partial charge in [0.2, 0.25) is 0 Å². The van der Waals surface area contributed by atoms with Gasteiger partial charge in [-0.1, -0.05) is 0 Å². The van der Waals surface area contributed by atoms with Crippen molar-refractivity contribution in [2.24, 2.45) is 0 Å². The Kier molecular flexibility index (Phi) is 8.95. The quantitative estimate of drug-likeness (QED) is 0.589. The van der Waals surface area contributed by atoms with Gasteiger partial charge in [0.25, 0.3) is 0 Å². The molecule has 1 aromatic carbocycles. The highest BCUT2D eigenvalue weighted by molar-refractivity contribution is 7.79. The van der Waals surface area contributed by atoms with Crippen molar-refractivity contribution in [3.05, 3.63) is 23.8 Å². The number of nitrogens with one attached hydrogen (secondary N) is 1. The van der Waals surface area contributed by atoms with E-state index in [9.17, 15) is 0 Å². The summed E-state index contributed by atoms with van der Waals surface area (Å²) < 4.78 is 31.6. The molecule has 21 heavy (non-hydrogen) atoms. The number of rotatable bonds is 6. The molecular weight excluding hydrogens is 296 g/mol. The first-order chi connectivity index (χ1) is 9.72. The smallest absolute Gasteiger partial charge is 0.394 e. The van der Waals surface area contributed by atoms with Gasteiger partial charge in [0.05, 0.1) is 6.61 Å². The zero-order valence-corrected chi connectivity index (χ0v) is 13.4. The maximum Gasteiger partial charge on any atom is 0.394 e. The van der Waals surface area contributed by atoms with Gasteiger partial charge in [0.1, 0.15) is 0 Å². The van der Waals surface area contributed by atoms with Crippen LogP contribution in [0.1, 0.15) is 19.4 Å². The topological polar surface area (TPSA) is 110 Å². The Bertz CT molecular complexity index is 507. The van der Waals surface area contributed by atoms with Crippen LogP contribution in [0.3, 0.4) is 0 Å². The minimum atomic E-state index is -4.67. The fourth-order valence-corrected chi connectivity index (χ4v) is 1.82. The van der Waals surface area contributed by atoms with E-state index in [2.05, 4.69) is 49.2 Å². The van der Waals surface area contributed by atoms with E-state index >= 15 is 0 Å². The van der Waals surface area contributed by atoms with Crippen molar-refractivity contribution in [1.82, 2.24) is 0 Å². The average molecular weight is 320 g/mol. The minimum absolute atomic E-state index is 0.164. The van der Waals surface area contributed by atoms with Crippen LogP contribution in [0.5, 0.6) is 0 Å². The van der Waals surface area contributed by atoms with E-state index in [1.54, 1.807) is 0 Å². The monoisotopic (exact) mass is 320 g/mol. The third-order valence-corrected chi connectivity index (χ3v) is 2.77. The van der Waals surface area contributed by atoms with Gasteiger partial charge in [0.15, 0.2) is 0 Å². The summed E-state index contributed by atoms with van der Waals surface area (Å²) in [4.78, 5) is 2.32. The molecule has 7 nitrogen and oxygen atoms in total. The summed E-state index contributed by atoms with van der Waals surface area (Å²) in [5, 5.41) is 12.0. The second kappa shape index (κ2) is 9.56. The van der Waals surface area contributed by atoms with Gasteiger partial charge in [-0.3, -0.25) is 9.11 Å². The highest BCUT2D eigenvalue weighted by Crippen LogP contribution is 2.22. The van der Waals surface area contributed by atoms with Gasteiger partial charge < -0.3 is 15.3 Å². The van der Waals surface area contributed by atoms with Gasteiger partial charge in [-0.2, -0.15) is 8.42 Å². The molecule has 0 aliphatic heterocycles. The maximum atomic E-state index is 8.77. The van der Waals surface area contributed by atoms with Gasteiger partial charge in [-0.25, -0.2) is 0 Å². The standard InChI is InChI=1S/C13H22N2O.H2O4S/c1-4-15(5-2)12-6-7-13(11(3)10-12)14-8-9-16;1-5(2,3)4/h6-7,10,14,16H,4-5,8-9H2,1-3H3;(H2,1,2,3,4). The van der Waals surface area contributed by atoms with Crippen LogP contribution in [-0.2, 0) is 10.4 Å². The Labute approximate surface area is 126 Å². The van der Waals surface area contributed by atoms with Crippen LogP contribution in [-0.4, -0.2) is 48.9 Å². The Hall–Kier alpha value is -1.35. The van der Waals surface area contributed by atoms with Gasteiger partial charge in [-0.15, -0.1) is 0 Å².